The van der Waals surface area contributed by atoms with Crippen molar-refractivity contribution < 1.29 is 9.13 Å². The minimum atomic E-state index is -0.273. The quantitative estimate of drug-likeness (QED) is 0.450. The predicted octanol–water partition coefficient (Wildman–Crippen LogP) is 4.17. The Labute approximate surface area is 164 Å². The summed E-state index contributed by atoms with van der Waals surface area (Å²) in [6.07, 6.45) is 1.42. The molecule has 0 aliphatic rings. The molecule has 4 aromatic rings. The number of benzene rings is 2. The fourth-order valence-corrected chi connectivity index (χ4v) is 3.50. The minimum Gasteiger partial charge on any atom is -0.497 e. The van der Waals surface area contributed by atoms with Gasteiger partial charge in [0.15, 0.2) is 16.8 Å². The van der Waals surface area contributed by atoms with Crippen molar-refractivity contribution in [3.05, 3.63) is 60.2 Å². The monoisotopic (exact) mass is 396 g/mol. The summed E-state index contributed by atoms with van der Waals surface area (Å²) in [6, 6.07) is 11.9. The lowest BCUT2D eigenvalue weighted by molar-refractivity contribution is 0.415. The molecule has 0 aliphatic heterocycles. The van der Waals surface area contributed by atoms with Gasteiger partial charge in [-0.3, -0.25) is 0 Å². The predicted molar refractivity (Wildman–Crippen MR) is 110 cm³/mol. The van der Waals surface area contributed by atoms with E-state index in [1.807, 2.05) is 18.2 Å². The summed E-state index contributed by atoms with van der Waals surface area (Å²) < 4.78 is 19.2. The van der Waals surface area contributed by atoms with E-state index in [4.69, 9.17) is 10.5 Å². The Balaban J connectivity index is 1.52. The number of halogens is 1. The van der Waals surface area contributed by atoms with E-state index in [9.17, 15) is 4.39 Å². The van der Waals surface area contributed by atoms with E-state index in [1.165, 1.54) is 29.8 Å². The highest BCUT2D eigenvalue weighted by atomic mass is 32.1. The van der Waals surface area contributed by atoms with Gasteiger partial charge in [-0.25, -0.2) is 19.3 Å². The highest BCUT2D eigenvalue weighted by Gasteiger charge is 2.11. The molecule has 0 bridgehead atoms. The number of methoxy groups -OCH3 is 1. The zero-order valence-corrected chi connectivity index (χ0v) is 15.8. The molecule has 0 saturated heterocycles. The number of nitrogens with one attached hydrogen (secondary N) is 2. The minimum absolute atomic E-state index is 0.273. The normalized spacial score (nSPS) is 10.8. The van der Waals surface area contributed by atoms with Gasteiger partial charge in [-0.15, -0.1) is 0 Å². The average Bonchev–Trinajstić information content (AvgIpc) is 3.11. The molecule has 0 aliphatic carbocycles. The van der Waals surface area contributed by atoms with Gasteiger partial charge in [-0.1, -0.05) is 23.5 Å². The summed E-state index contributed by atoms with van der Waals surface area (Å²) in [5.74, 6) is 1.45. The van der Waals surface area contributed by atoms with E-state index in [1.54, 1.807) is 19.2 Å². The lowest BCUT2D eigenvalue weighted by Crippen LogP contribution is -2.08. The molecular formula is C19H17FN6OS. The van der Waals surface area contributed by atoms with Crippen molar-refractivity contribution in [2.24, 2.45) is 0 Å². The fourth-order valence-electron chi connectivity index (χ4n) is 2.61. The van der Waals surface area contributed by atoms with Crippen LogP contribution in [0.3, 0.4) is 0 Å². The highest BCUT2D eigenvalue weighted by molar-refractivity contribution is 7.22. The molecule has 28 heavy (non-hydrogen) atoms. The van der Waals surface area contributed by atoms with Crippen LogP contribution in [0, 0.1) is 5.82 Å². The first kappa shape index (κ1) is 17.9. The fraction of sp³-hybridized carbons (Fsp3) is 0.105. The Bertz CT molecular complexity index is 1120. The Morgan fingerprint density at radius 1 is 1.11 bits per heavy atom. The second kappa shape index (κ2) is 7.65. The first-order valence-corrected chi connectivity index (χ1v) is 9.24. The highest BCUT2D eigenvalue weighted by Crippen LogP contribution is 2.32. The molecule has 4 rings (SSSR count). The van der Waals surface area contributed by atoms with Gasteiger partial charge in [-0.05, 0) is 35.9 Å². The van der Waals surface area contributed by atoms with Crippen molar-refractivity contribution in [1.29, 1.82) is 0 Å². The van der Waals surface area contributed by atoms with Crippen molar-refractivity contribution in [3.8, 4) is 5.75 Å². The third kappa shape index (κ3) is 3.79. The molecule has 7 nitrogen and oxygen atoms in total. The van der Waals surface area contributed by atoms with Crippen LogP contribution < -0.4 is 21.1 Å². The number of thiazole rings is 1. The molecular weight excluding hydrogens is 379 g/mol. The number of nitrogens with two attached hydrogens (primary N) is 1. The number of fused-ring (bicyclic) bond motifs is 1. The van der Waals surface area contributed by atoms with Crippen LogP contribution in [-0.2, 0) is 6.54 Å². The molecule has 9 heteroatoms. The average molecular weight is 396 g/mol. The van der Waals surface area contributed by atoms with Crippen LogP contribution >= 0.6 is 11.3 Å². The summed E-state index contributed by atoms with van der Waals surface area (Å²) in [6.45, 7) is 0.460. The summed E-state index contributed by atoms with van der Waals surface area (Å²) in [5.41, 5.74) is 8.35. The van der Waals surface area contributed by atoms with Crippen LogP contribution in [0.1, 0.15) is 5.56 Å². The standard InChI is InChI=1S/C19H17FN6OS/c1-27-13-6-7-14-15(8-13)28-19(25-14)26-18-16(21)17(23-10-24-18)22-9-11-2-4-12(20)5-3-11/h2-8,10H,9,21H2,1H3,(H2,22,23,24,25,26). The van der Waals surface area contributed by atoms with Crippen LogP contribution in [0.5, 0.6) is 5.75 Å². The summed E-state index contributed by atoms with van der Waals surface area (Å²) in [5, 5.41) is 6.96. The van der Waals surface area contributed by atoms with E-state index in [-0.39, 0.29) is 5.82 Å². The molecule has 2 aromatic carbocycles. The second-order valence-corrected chi connectivity index (χ2v) is 6.97. The number of rotatable bonds is 6. The first-order chi connectivity index (χ1) is 13.6. The van der Waals surface area contributed by atoms with Gasteiger partial charge in [0, 0.05) is 6.54 Å². The Morgan fingerprint density at radius 3 is 2.68 bits per heavy atom. The van der Waals surface area contributed by atoms with Gasteiger partial charge < -0.3 is 21.1 Å². The van der Waals surface area contributed by atoms with E-state index in [0.717, 1.165) is 21.5 Å². The van der Waals surface area contributed by atoms with Gasteiger partial charge in [0.1, 0.15) is 23.6 Å². The van der Waals surface area contributed by atoms with E-state index in [2.05, 4.69) is 25.6 Å². The molecule has 142 valence electrons. The number of aromatic nitrogens is 3. The molecule has 0 spiro atoms. The smallest absolute Gasteiger partial charge is 0.189 e. The first-order valence-electron chi connectivity index (χ1n) is 8.43. The van der Waals surface area contributed by atoms with Gasteiger partial charge in [0.2, 0.25) is 0 Å². The Hall–Kier alpha value is -3.46. The molecule has 2 heterocycles. The SMILES string of the molecule is COc1ccc2nc(Nc3ncnc(NCc4ccc(F)cc4)c3N)sc2c1. The van der Waals surface area contributed by atoms with Crippen molar-refractivity contribution in [2.75, 3.05) is 23.5 Å². The zero-order valence-electron chi connectivity index (χ0n) is 14.9. The topological polar surface area (TPSA) is 98.0 Å². The largest absolute Gasteiger partial charge is 0.497 e. The molecule has 4 N–H and O–H groups in total. The number of hydrogen-bond donors (Lipinski definition) is 3. The molecule has 0 unspecified atom stereocenters. The number of nitrogens with zero attached hydrogens (tertiary/aromatic N) is 3. The van der Waals surface area contributed by atoms with Crippen molar-refractivity contribution in [1.82, 2.24) is 15.0 Å². The lowest BCUT2D eigenvalue weighted by atomic mass is 10.2. The molecule has 0 radical (unpaired) electrons. The second-order valence-electron chi connectivity index (χ2n) is 5.94. The molecule has 0 amide bonds. The van der Waals surface area contributed by atoms with Crippen LogP contribution in [0.15, 0.2) is 48.8 Å². The number of hydrogen-bond acceptors (Lipinski definition) is 8. The Morgan fingerprint density at radius 2 is 1.89 bits per heavy atom. The maximum atomic E-state index is 13.0. The van der Waals surface area contributed by atoms with Crippen LogP contribution in [0.25, 0.3) is 10.2 Å². The van der Waals surface area contributed by atoms with Gasteiger partial charge >= 0.3 is 0 Å². The van der Waals surface area contributed by atoms with Crippen LogP contribution in [0.4, 0.5) is 26.8 Å². The van der Waals surface area contributed by atoms with E-state index >= 15 is 0 Å². The molecule has 0 atom stereocenters. The maximum absolute atomic E-state index is 13.0. The van der Waals surface area contributed by atoms with Gasteiger partial charge in [0.05, 0.1) is 17.3 Å². The van der Waals surface area contributed by atoms with Crippen LogP contribution in [-0.4, -0.2) is 22.1 Å². The molecule has 0 saturated carbocycles. The van der Waals surface area contributed by atoms with E-state index in [0.29, 0.717) is 29.0 Å². The lowest BCUT2D eigenvalue weighted by Gasteiger charge is -2.11. The molecule has 0 fully saturated rings. The third-order valence-electron chi connectivity index (χ3n) is 4.08. The van der Waals surface area contributed by atoms with Crippen molar-refractivity contribution in [3.63, 3.8) is 0 Å². The summed E-state index contributed by atoms with van der Waals surface area (Å²) in [7, 11) is 1.63. The molecule has 2 aromatic heterocycles. The van der Waals surface area contributed by atoms with E-state index < -0.39 is 0 Å². The third-order valence-corrected chi connectivity index (χ3v) is 5.01. The van der Waals surface area contributed by atoms with Crippen LogP contribution in [0.2, 0.25) is 0 Å². The summed E-state index contributed by atoms with van der Waals surface area (Å²) >= 11 is 1.47. The van der Waals surface area contributed by atoms with Crippen molar-refractivity contribution >= 4 is 44.0 Å². The Kier molecular flexibility index (Phi) is 4.90. The van der Waals surface area contributed by atoms with Gasteiger partial charge in [0.25, 0.3) is 0 Å². The zero-order chi connectivity index (χ0) is 19.5. The summed E-state index contributed by atoms with van der Waals surface area (Å²) in [4.78, 5) is 12.9. The van der Waals surface area contributed by atoms with Gasteiger partial charge in [-0.2, -0.15) is 0 Å². The number of nitrogen functional groups attached to an aromatic ring is 1. The maximum Gasteiger partial charge on any atom is 0.189 e. The van der Waals surface area contributed by atoms with Crippen molar-refractivity contribution in [2.45, 2.75) is 6.54 Å². The number of ether oxygens (including phenoxy) is 1. The number of anilines is 4.